The quantitative estimate of drug-likeness (QED) is 0.282. The monoisotopic (exact) mass is 588 g/mol. The zero-order chi connectivity index (χ0) is 24.7. The number of nitrogens with one attached hydrogen (secondary N) is 2. The summed E-state index contributed by atoms with van der Waals surface area (Å²) in [4.78, 5) is 12.6. The first-order valence-corrected chi connectivity index (χ1v) is 12.1. The van der Waals surface area contributed by atoms with E-state index in [0.717, 1.165) is 37.1 Å². The predicted octanol–water partition coefficient (Wildman–Crippen LogP) is 6.41. The fourth-order valence-electron chi connectivity index (χ4n) is 3.24. The molecule has 0 aliphatic carbocycles. The van der Waals surface area contributed by atoms with Crippen molar-refractivity contribution in [2.75, 3.05) is 14.2 Å². The number of amides is 1. The molecule has 0 aromatic heterocycles. The largest absolute Gasteiger partial charge is 0.493 e. The first kappa shape index (κ1) is 25.6. The van der Waals surface area contributed by atoms with Crippen molar-refractivity contribution in [3.8, 4) is 17.2 Å². The number of methoxy groups -OCH3 is 2. The minimum absolute atomic E-state index is 0.253. The molecule has 0 unspecified atom stereocenters. The van der Waals surface area contributed by atoms with Gasteiger partial charge in [0.25, 0.3) is 5.91 Å². The first-order chi connectivity index (χ1) is 16.4. The van der Waals surface area contributed by atoms with Gasteiger partial charge in [-0.3, -0.25) is 15.6 Å². The van der Waals surface area contributed by atoms with Gasteiger partial charge in [-0.25, -0.2) is 0 Å². The van der Waals surface area contributed by atoms with Crippen molar-refractivity contribution < 1.29 is 19.0 Å². The summed E-state index contributed by atoms with van der Waals surface area (Å²) in [7, 11) is 3.17. The molecule has 0 atom stereocenters. The third kappa shape index (κ3) is 6.33. The number of hydrazine groups is 1. The number of ether oxygens (including phenoxy) is 3. The van der Waals surface area contributed by atoms with Crippen molar-refractivity contribution in [2.24, 2.45) is 0 Å². The molecule has 8 heteroatoms. The summed E-state index contributed by atoms with van der Waals surface area (Å²) < 4.78 is 18.4. The van der Waals surface area contributed by atoms with E-state index in [2.05, 4.69) is 42.7 Å². The molecule has 1 amide bonds. The fourth-order valence-corrected chi connectivity index (χ4v) is 4.89. The van der Waals surface area contributed by atoms with Crippen LogP contribution in [0.15, 0.2) is 69.6 Å². The minimum atomic E-state index is -0.253. The molecular formula is C26H26Br2N2O4. The molecule has 3 rings (SSSR count). The topological polar surface area (TPSA) is 68.8 Å². The number of aryl methyl sites for hydroxylation is 1. The lowest BCUT2D eigenvalue weighted by Gasteiger charge is -2.15. The molecule has 0 heterocycles. The lowest BCUT2D eigenvalue weighted by Crippen LogP contribution is -2.36. The fraction of sp³-hybridized carbons (Fsp3) is 0.192. The molecule has 6 nitrogen and oxygen atoms in total. The van der Waals surface area contributed by atoms with E-state index in [1.807, 2.05) is 62.4 Å². The second-order valence-electron chi connectivity index (χ2n) is 7.39. The van der Waals surface area contributed by atoms with Gasteiger partial charge >= 0.3 is 0 Å². The van der Waals surface area contributed by atoms with Crippen LogP contribution in [-0.4, -0.2) is 20.1 Å². The number of benzene rings is 3. The highest BCUT2D eigenvalue weighted by Crippen LogP contribution is 2.35. The maximum atomic E-state index is 12.6. The van der Waals surface area contributed by atoms with Gasteiger partial charge in [0.05, 0.1) is 28.9 Å². The van der Waals surface area contributed by atoms with Crippen molar-refractivity contribution in [2.45, 2.75) is 20.5 Å². The van der Waals surface area contributed by atoms with Gasteiger partial charge in [0.15, 0.2) is 11.5 Å². The Morgan fingerprint density at radius 2 is 1.50 bits per heavy atom. The lowest BCUT2D eigenvalue weighted by molar-refractivity contribution is 0.0942. The van der Waals surface area contributed by atoms with Crippen LogP contribution in [0.4, 0.5) is 0 Å². The third-order valence-electron chi connectivity index (χ3n) is 5.04. The normalized spacial score (nSPS) is 11.1. The SMILES string of the molecule is C/C=C(\NNC(=O)c1ccc(COc2c(Br)cc(C)cc2Br)cc1)c1ccc(OC)c(OC)c1. The Morgan fingerprint density at radius 3 is 2.09 bits per heavy atom. The molecular weight excluding hydrogens is 564 g/mol. The van der Waals surface area contributed by atoms with E-state index >= 15 is 0 Å². The minimum Gasteiger partial charge on any atom is -0.493 e. The summed E-state index contributed by atoms with van der Waals surface area (Å²) in [6.45, 7) is 4.28. The Balaban J connectivity index is 1.60. The van der Waals surface area contributed by atoms with Crippen LogP contribution in [0.1, 0.15) is 34.0 Å². The molecule has 0 fully saturated rings. The summed E-state index contributed by atoms with van der Waals surface area (Å²) in [5.41, 5.74) is 9.90. The van der Waals surface area contributed by atoms with Crippen LogP contribution in [0.5, 0.6) is 17.2 Å². The molecule has 0 radical (unpaired) electrons. The van der Waals surface area contributed by atoms with Gasteiger partial charge < -0.3 is 14.2 Å². The molecule has 0 aliphatic heterocycles. The molecule has 3 aromatic rings. The highest BCUT2D eigenvalue weighted by atomic mass is 79.9. The van der Waals surface area contributed by atoms with Gasteiger partial charge in [-0.1, -0.05) is 18.2 Å². The molecule has 178 valence electrons. The highest BCUT2D eigenvalue weighted by Gasteiger charge is 2.11. The summed E-state index contributed by atoms with van der Waals surface area (Å²) in [6.07, 6.45) is 1.86. The predicted molar refractivity (Wildman–Crippen MR) is 141 cm³/mol. The number of rotatable bonds is 9. The Labute approximate surface area is 216 Å². The third-order valence-corrected chi connectivity index (χ3v) is 6.21. The van der Waals surface area contributed by atoms with Crippen LogP contribution in [0.3, 0.4) is 0 Å². The number of hydrogen-bond acceptors (Lipinski definition) is 5. The zero-order valence-corrected chi connectivity index (χ0v) is 22.5. The standard InChI is InChI=1S/C26H26Br2N2O4/c1-5-22(19-10-11-23(32-3)24(14-19)33-4)29-30-26(31)18-8-6-17(7-9-18)15-34-25-20(27)12-16(2)13-21(25)28/h5-14,29H,15H2,1-4H3,(H,30,31)/b22-5-. The Kier molecular flexibility index (Phi) is 9.01. The Morgan fingerprint density at radius 1 is 0.882 bits per heavy atom. The van der Waals surface area contributed by atoms with E-state index < -0.39 is 0 Å². The van der Waals surface area contributed by atoms with Crippen LogP contribution in [0, 0.1) is 6.92 Å². The van der Waals surface area contributed by atoms with Crippen molar-refractivity contribution in [1.82, 2.24) is 10.9 Å². The summed E-state index contributed by atoms with van der Waals surface area (Å²) in [5.74, 6) is 1.73. The van der Waals surface area contributed by atoms with Crippen LogP contribution in [0.25, 0.3) is 5.70 Å². The zero-order valence-electron chi connectivity index (χ0n) is 19.4. The van der Waals surface area contributed by atoms with Crippen LogP contribution < -0.4 is 25.1 Å². The Hall–Kier alpha value is -2.97. The summed E-state index contributed by atoms with van der Waals surface area (Å²) in [6, 6.07) is 16.8. The van der Waals surface area contributed by atoms with Gasteiger partial charge in [0, 0.05) is 11.1 Å². The number of carbonyl (C=O) groups excluding carboxylic acids is 1. The number of halogens is 2. The van der Waals surface area contributed by atoms with Crippen molar-refractivity contribution in [3.05, 3.63) is 91.9 Å². The molecule has 34 heavy (non-hydrogen) atoms. The van der Waals surface area contributed by atoms with Crippen LogP contribution in [-0.2, 0) is 6.61 Å². The van der Waals surface area contributed by atoms with Crippen molar-refractivity contribution in [3.63, 3.8) is 0 Å². The van der Waals surface area contributed by atoms with Gasteiger partial charge in [0.1, 0.15) is 12.4 Å². The molecule has 0 saturated carbocycles. The van der Waals surface area contributed by atoms with Crippen LogP contribution >= 0.6 is 31.9 Å². The smallest absolute Gasteiger partial charge is 0.269 e. The maximum Gasteiger partial charge on any atom is 0.269 e. The average molecular weight is 590 g/mol. The van der Waals surface area contributed by atoms with Crippen molar-refractivity contribution in [1.29, 1.82) is 0 Å². The highest BCUT2D eigenvalue weighted by molar-refractivity contribution is 9.11. The van der Waals surface area contributed by atoms with E-state index in [0.29, 0.717) is 23.7 Å². The number of hydrogen-bond donors (Lipinski definition) is 2. The average Bonchev–Trinajstić information content (AvgIpc) is 2.83. The second-order valence-corrected chi connectivity index (χ2v) is 9.10. The van der Waals surface area contributed by atoms with E-state index in [-0.39, 0.29) is 5.91 Å². The Bertz CT molecular complexity index is 1170. The number of allylic oxidation sites excluding steroid dienone is 1. The van der Waals surface area contributed by atoms with E-state index in [1.165, 1.54) is 0 Å². The van der Waals surface area contributed by atoms with E-state index in [1.54, 1.807) is 26.4 Å². The van der Waals surface area contributed by atoms with Crippen molar-refractivity contribution >= 4 is 43.5 Å². The van der Waals surface area contributed by atoms with Crippen LogP contribution in [0.2, 0.25) is 0 Å². The number of carbonyl (C=O) groups is 1. The second kappa shape index (κ2) is 11.9. The maximum absolute atomic E-state index is 12.6. The van der Waals surface area contributed by atoms with Gasteiger partial charge in [-0.05, 0) is 99.3 Å². The molecule has 3 aromatic carbocycles. The first-order valence-electron chi connectivity index (χ1n) is 10.5. The molecule has 0 saturated heterocycles. The summed E-state index contributed by atoms with van der Waals surface area (Å²) in [5, 5.41) is 0. The van der Waals surface area contributed by atoms with E-state index in [9.17, 15) is 4.79 Å². The molecule has 0 aliphatic rings. The molecule has 2 N–H and O–H groups in total. The molecule has 0 spiro atoms. The molecule has 0 bridgehead atoms. The van der Waals surface area contributed by atoms with Gasteiger partial charge in [-0.15, -0.1) is 0 Å². The van der Waals surface area contributed by atoms with Gasteiger partial charge in [-0.2, -0.15) is 0 Å². The lowest BCUT2D eigenvalue weighted by atomic mass is 10.1. The van der Waals surface area contributed by atoms with Gasteiger partial charge in [0.2, 0.25) is 0 Å². The van der Waals surface area contributed by atoms with E-state index in [4.69, 9.17) is 14.2 Å². The summed E-state index contributed by atoms with van der Waals surface area (Å²) >= 11 is 7.07.